The van der Waals surface area contributed by atoms with E-state index in [2.05, 4.69) is 10.4 Å². The number of aryl methyl sites for hydroxylation is 1. The maximum absolute atomic E-state index is 14.1. The molecule has 0 unspecified atom stereocenters. The van der Waals surface area contributed by atoms with Crippen LogP contribution in [0.25, 0.3) is 16.9 Å². The van der Waals surface area contributed by atoms with E-state index in [-0.39, 0.29) is 11.7 Å². The summed E-state index contributed by atoms with van der Waals surface area (Å²) < 4.78 is 15.7. The minimum Gasteiger partial charge on any atom is -0.351 e. The largest absolute Gasteiger partial charge is 0.351 e. The Kier molecular flexibility index (Phi) is 4.93. The Labute approximate surface area is 146 Å². The van der Waals surface area contributed by atoms with E-state index in [9.17, 15) is 9.18 Å². The van der Waals surface area contributed by atoms with Gasteiger partial charge in [-0.3, -0.25) is 4.79 Å². The maximum atomic E-state index is 14.1. The van der Waals surface area contributed by atoms with Crippen molar-refractivity contribution in [3.63, 3.8) is 0 Å². The van der Waals surface area contributed by atoms with Crippen LogP contribution in [0.15, 0.2) is 54.6 Å². The van der Waals surface area contributed by atoms with Crippen molar-refractivity contribution in [2.24, 2.45) is 0 Å². The quantitative estimate of drug-likeness (QED) is 0.761. The molecule has 5 heteroatoms. The smallest absolute Gasteiger partial charge is 0.270 e. The highest BCUT2D eigenvalue weighted by Crippen LogP contribution is 2.24. The molecule has 1 heterocycles. The van der Waals surface area contributed by atoms with E-state index in [1.807, 2.05) is 38.1 Å². The SMILES string of the molecule is CCCNC(=O)c1cc(-c2ccccc2F)nn1-c1cccc(C)c1. The van der Waals surface area contributed by atoms with Gasteiger partial charge in [-0.1, -0.05) is 31.2 Å². The highest BCUT2D eigenvalue weighted by molar-refractivity contribution is 5.94. The number of hydrogen-bond acceptors (Lipinski definition) is 2. The lowest BCUT2D eigenvalue weighted by Crippen LogP contribution is -2.26. The van der Waals surface area contributed by atoms with Crippen LogP contribution in [0.4, 0.5) is 4.39 Å². The van der Waals surface area contributed by atoms with E-state index in [4.69, 9.17) is 0 Å². The van der Waals surface area contributed by atoms with Gasteiger partial charge in [0.05, 0.1) is 11.4 Å². The Bertz CT molecular complexity index is 901. The first-order valence-corrected chi connectivity index (χ1v) is 8.30. The number of nitrogens with zero attached hydrogens (tertiary/aromatic N) is 2. The van der Waals surface area contributed by atoms with Crippen LogP contribution >= 0.6 is 0 Å². The van der Waals surface area contributed by atoms with Crippen LogP contribution in [-0.2, 0) is 0 Å². The fraction of sp³-hybridized carbons (Fsp3) is 0.200. The first kappa shape index (κ1) is 16.9. The molecule has 0 saturated heterocycles. The van der Waals surface area contributed by atoms with Gasteiger partial charge in [-0.15, -0.1) is 0 Å². The Morgan fingerprint density at radius 2 is 1.96 bits per heavy atom. The Morgan fingerprint density at radius 3 is 2.68 bits per heavy atom. The second-order valence-electron chi connectivity index (χ2n) is 5.90. The highest BCUT2D eigenvalue weighted by Gasteiger charge is 2.18. The molecule has 3 aromatic rings. The van der Waals surface area contributed by atoms with Gasteiger partial charge in [0, 0.05) is 12.1 Å². The van der Waals surface area contributed by atoms with Crippen LogP contribution in [-0.4, -0.2) is 22.2 Å². The number of amides is 1. The van der Waals surface area contributed by atoms with Crippen molar-refractivity contribution in [3.8, 4) is 16.9 Å². The first-order valence-electron chi connectivity index (χ1n) is 8.30. The van der Waals surface area contributed by atoms with Gasteiger partial charge in [-0.2, -0.15) is 5.10 Å². The van der Waals surface area contributed by atoms with Gasteiger partial charge in [-0.05, 0) is 49.2 Å². The maximum Gasteiger partial charge on any atom is 0.270 e. The standard InChI is InChI=1S/C20H20FN3O/c1-3-11-22-20(25)19-13-18(16-9-4-5-10-17(16)21)23-24(19)15-8-6-7-14(2)12-15/h4-10,12-13H,3,11H2,1-2H3,(H,22,25). The van der Waals surface area contributed by atoms with Crippen LogP contribution in [0.5, 0.6) is 0 Å². The second-order valence-corrected chi connectivity index (χ2v) is 5.90. The van der Waals surface area contributed by atoms with Gasteiger partial charge in [-0.25, -0.2) is 9.07 Å². The normalized spacial score (nSPS) is 10.7. The predicted molar refractivity (Wildman–Crippen MR) is 96.3 cm³/mol. The fourth-order valence-electron chi connectivity index (χ4n) is 2.63. The summed E-state index contributed by atoms with van der Waals surface area (Å²) in [4.78, 5) is 12.5. The third-order valence-electron chi connectivity index (χ3n) is 3.87. The summed E-state index contributed by atoms with van der Waals surface area (Å²) in [5, 5.41) is 7.36. The third kappa shape index (κ3) is 3.60. The Morgan fingerprint density at radius 1 is 1.16 bits per heavy atom. The number of carbonyl (C=O) groups excluding carboxylic acids is 1. The molecule has 25 heavy (non-hydrogen) atoms. The van der Waals surface area contributed by atoms with E-state index >= 15 is 0 Å². The molecule has 3 rings (SSSR count). The lowest BCUT2D eigenvalue weighted by molar-refractivity contribution is 0.0946. The number of carbonyl (C=O) groups is 1. The van der Waals surface area contributed by atoms with Gasteiger partial charge in [0.15, 0.2) is 0 Å². The molecule has 0 radical (unpaired) electrons. The van der Waals surface area contributed by atoms with Crippen LogP contribution in [0, 0.1) is 12.7 Å². The van der Waals surface area contributed by atoms with E-state index in [0.29, 0.717) is 23.5 Å². The Hall–Kier alpha value is -2.95. The van der Waals surface area contributed by atoms with Crippen molar-refractivity contribution in [2.75, 3.05) is 6.54 Å². The Balaban J connectivity index is 2.11. The van der Waals surface area contributed by atoms with Crippen molar-refractivity contribution >= 4 is 5.91 Å². The highest BCUT2D eigenvalue weighted by atomic mass is 19.1. The molecule has 0 fully saturated rings. The van der Waals surface area contributed by atoms with Crippen LogP contribution in [0.2, 0.25) is 0 Å². The average Bonchev–Trinajstić information content (AvgIpc) is 3.05. The molecule has 0 spiro atoms. The fourth-order valence-corrected chi connectivity index (χ4v) is 2.63. The predicted octanol–water partition coefficient (Wildman–Crippen LogP) is 4.13. The number of benzene rings is 2. The first-order chi connectivity index (χ1) is 12.1. The van der Waals surface area contributed by atoms with E-state index < -0.39 is 0 Å². The summed E-state index contributed by atoms with van der Waals surface area (Å²) in [6.07, 6.45) is 0.838. The molecule has 0 saturated carbocycles. The molecule has 4 nitrogen and oxygen atoms in total. The minimum atomic E-state index is -0.364. The number of hydrogen-bond donors (Lipinski definition) is 1. The number of rotatable bonds is 5. The molecule has 1 amide bonds. The van der Waals surface area contributed by atoms with Gasteiger partial charge >= 0.3 is 0 Å². The molecular weight excluding hydrogens is 317 g/mol. The average molecular weight is 337 g/mol. The van der Waals surface area contributed by atoms with E-state index in [1.165, 1.54) is 6.07 Å². The van der Waals surface area contributed by atoms with E-state index in [0.717, 1.165) is 17.7 Å². The summed E-state index contributed by atoms with van der Waals surface area (Å²) >= 11 is 0. The molecular formula is C20H20FN3O. The second kappa shape index (κ2) is 7.30. The minimum absolute atomic E-state index is 0.224. The molecule has 0 aliphatic rings. The molecule has 0 aliphatic carbocycles. The van der Waals surface area contributed by atoms with E-state index in [1.54, 1.807) is 28.9 Å². The van der Waals surface area contributed by atoms with Gasteiger partial charge in [0.25, 0.3) is 5.91 Å². The van der Waals surface area contributed by atoms with Crippen LogP contribution in [0.3, 0.4) is 0 Å². The lowest BCUT2D eigenvalue weighted by atomic mass is 10.1. The summed E-state index contributed by atoms with van der Waals surface area (Å²) in [7, 11) is 0. The topological polar surface area (TPSA) is 46.9 Å². The summed E-state index contributed by atoms with van der Waals surface area (Å²) in [5.74, 6) is -0.588. The van der Waals surface area contributed by atoms with Gasteiger partial charge in [0.1, 0.15) is 11.5 Å². The van der Waals surface area contributed by atoms with Crippen LogP contribution < -0.4 is 5.32 Å². The monoisotopic (exact) mass is 337 g/mol. The van der Waals surface area contributed by atoms with Gasteiger partial charge < -0.3 is 5.32 Å². The molecule has 2 aromatic carbocycles. The van der Waals surface area contributed by atoms with Crippen molar-refractivity contribution in [1.82, 2.24) is 15.1 Å². The van der Waals surface area contributed by atoms with Crippen molar-refractivity contribution in [2.45, 2.75) is 20.3 Å². The van der Waals surface area contributed by atoms with Gasteiger partial charge in [0.2, 0.25) is 0 Å². The number of halogens is 1. The van der Waals surface area contributed by atoms with Crippen molar-refractivity contribution < 1.29 is 9.18 Å². The molecule has 0 atom stereocenters. The summed E-state index contributed by atoms with van der Waals surface area (Å²) in [6, 6.07) is 15.8. The van der Waals surface area contributed by atoms with Crippen LogP contribution in [0.1, 0.15) is 29.4 Å². The van der Waals surface area contributed by atoms with Crippen molar-refractivity contribution in [3.05, 3.63) is 71.7 Å². The zero-order valence-corrected chi connectivity index (χ0v) is 14.3. The molecule has 0 aliphatic heterocycles. The summed E-state index contributed by atoms with van der Waals surface area (Å²) in [6.45, 7) is 4.54. The number of aromatic nitrogens is 2. The number of nitrogens with one attached hydrogen (secondary N) is 1. The molecule has 1 N–H and O–H groups in total. The zero-order chi connectivity index (χ0) is 17.8. The lowest BCUT2D eigenvalue weighted by Gasteiger charge is -2.08. The molecule has 0 bridgehead atoms. The molecule has 1 aromatic heterocycles. The summed E-state index contributed by atoms with van der Waals surface area (Å²) in [5.41, 5.74) is 3.02. The van der Waals surface area contributed by atoms with Crippen molar-refractivity contribution in [1.29, 1.82) is 0 Å². The zero-order valence-electron chi connectivity index (χ0n) is 14.3. The molecule has 128 valence electrons. The third-order valence-corrected chi connectivity index (χ3v) is 3.87.